The van der Waals surface area contributed by atoms with Crippen LogP contribution in [0.25, 0.3) is 11.1 Å². The lowest BCUT2D eigenvalue weighted by molar-refractivity contribution is -0.115. The van der Waals surface area contributed by atoms with E-state index in [9.17, 15) is 24.6 Å². The second-order valence-corrected chi connectivity index (χ2v) is 7.26. The van der Waals surface area contributed by atoms with Gasteiger partial charge in [0.1, 0.15) is 18.9 Å². The Morgan fingerprint density at radius 1 is 0.906 bits per heavy atom. The van der Waals surface area contributed by atoms with Crippen molar-refractivity contribution in [1.29, 1.82) is 0 Å². The number of carbonyl (C=O) groups is 3. The Kier molecular flexibility index (Phi) is 5.76. The van der Waals surface area contributed by atoms with Crippen molar-refractivity contribution in [2.24, 2.45) is 0 Å². The molecule has 0 unspecified atom stereocenters. The molecule has 162 valence electrons. The van der Waals surface area contributed by atoms with Crippen molar-refractivity contribution in [2.75, 3.05) is 18.5 Å². The van der Waals surface area contributed by atoms with Crippen molar-refractivity contribution in [3.63, 3.8) is 0 Å². The fourth-order valence-electron chi connectivity index (χ4n) is 3.81. The zero-order valence-electron chi connectivity index (χ0n) is 16.9. The van der Waals surface area contributed by atoms with Gasteiger partial charge in [-0.2, -0.15) is 0 Å². The number of amides is 2. The number of phenols is 1. The lowest BCUT2D eigenvalue weighted by Crippen LogP contribution is -2.34. The largest absolute Gasteiger partial charge is 0.508 e. The van der Waals surface area contributed by atoms with E-state index in [-0.39, 0.29) is 29.5 Å². The maximum atomic E-state index is 12.2. The van der Waals surface area contributed by atoms with Crippen molar-refractivity contribution in [3.8, 4) is 16.9 Å². The summed E-state index contributed by atoms with van der Waals surface area (Å²) >= 11 is 0. The SMILES string of the molecule is O=C(CNC(=O)OCC1c2ccccc2-c2ccccc21)Nc1ccc(O)cc1C(=O)O. The van der Waals surface area contributed by atoms with Crippen LogP contribution in [0.5, 0.6) is 5.75 Å². The number of carboxylic acid groups (broad SMARTS) is 1. The molecule has 0 heterocycles. The molecule has 1 aliphatic rings. The van der Waals surface area contributed by atoms with Crippen LogP contribution in [-0.4, -0.2) is 41.3 Å². The smallest absolute Gasteiger partial charge is 0.407 e. The molecule has 0 bridgehead atoms. The molecule has 3 aromatic rings. The van der Waals surface area contributed by atoms with Crippen molar-refractivity contribution < 1.29 is 29.3 Å². The van der Waals surface area contributed by atoms with Gasteiger partial charge in [-0.3, -0.25) is 4.79 Å². The number of hydrogen-bond acceptors (Lipinski definition) is 5. The van der Waals surface area contributed by atoms with Crippen molar-refractivity contribution in [3.05, 3.63) is 83.4 Å². The highest BCUT2D eigenvalue weighted by Gasteiger charge is 2.29. The Balaban J connectivity index is 1.34. The number of aromatic hydroxyl groups is 1. The van der Waals surface area contributed by atoms with Gasteiger partial charge in [-0.25, -0.2) is 9.59 Å². The number of aromatic carboxylic acids is 1. The minimum Gasteiger partial charge on any atom is -0.508 e. The third-order valence-corrected chi connectivity index (χ3v) is 5.24. The predicted molar refractivity (Wildman–Crippen MR) is 117 cm³/mol. The lowest BCUT2D eigenvalue weighted by Gasteiger charge is -2.14. The summed E-state index contributed by atoms with van der Waals surface area (Å²) in [6.45, 7) is -0.292. The monoisotopic (exact) mass is 432 g/mol. The van der Waals surface area contributed by atoms with Gasteiger partial charge < -0.3 is 25.6 Å². The van der Waals surface area contributed by atoms with E-state index in [1.165, 1.54) is 12.1 Å². The van der Waals surface area contributed by atoms with Crippen molar-refractivity contribution in [2.45, 2.75) is 5.92 Å². The van der Waals surface area contributed by atoms with Crippen LogP contribution in [0.1, 0.15) is 27.4 Å². The van der Waals surface area contributed by atoms with Gasteiger partial charge >= 0.3 is 12.1 Å². The quantitative estimate of drug-likeness (QED) is 0.442. The molecule has 8 heteroatoms. The van der Waals surface area contributed by atoms with Crippen LogP contribution in [0, 0.1) is 0 Å². The summed E-state index contributed by atoms with van der Waals surface area (Å²) in [6, 6.07) is 19.4. The number of benzene rings is 3. The van der Waals surface area contributed by atoms with Gasteiger partial charge in [-0.05, 0) is 40.5 Å². The van der Waals surface area contributed by atoms with E-state index < -0.39 is 24.5 Å². The molecular weight excluding hydrogens is 412 g/mol. The topological polar surface area (TPSA) is 125 Å². The second kappa shape index (κ2) is 8.81. The predicted octanol–water partition coefficient (Wildman–Crippen LogP) is 3.57. The third kappa shape index (κ3) is 4.24. The van der Waals surface area contributed by atoms with Gasteiger partial charge in [-0.15, -0.1) is 0 Å². The second-order valence-electron chi connectivity index (χ2n) is 7.26. The van der Waals surface area contributed by atoms with Gasteiger partial charge in [-0.1, -0.05) is 48.5 Å². The summed E-state index contributed by atoms with van der Waals surface area (Å²) in [4.78, 5) is 35.5. The van der Waals surface area contributed by atoms with E-state index in [1.807, 2.05) is 48.5 Å². The van der Waals surface area contributed by atoms with Crippen LogP contribution < -0.4 is 10.6 Å². The highest BCUT2D eigenvalue weighted by atomic mass is 16.5. The Bertz CT molecular complexity index is 1160. The molecule has 0 saturated carbocycles. The fraction of sp³-hybridized carbons (Fsp3) is 0.125. The maximum absolute atomic E-state index is 12.2. The van der Waals surface area contributed by atoms with E-state index >= 15 is 0 Å². The average Bonchev–Trinajstić information content (AvgIpc) is 3.11. The molecule has 3 aromatic carbocycles. The summed E-state index contributed by atoms with van der Waals surface area (Å²) in [7, 11) is 0. The first-order valence-electron chi connectivity index (χ1n) is 9.89. The number of rotatable bonds is 6. The number of nitrogens with one attached hydrogen (secondary N) is 2. The van der Waals surface area contributed by atoms with Crippen LogP contribution in [0.2, 0.25) is 0 Å². The summed E-state index contributed by atoms with van der Waals surface area (Å²) < 4.78 is 5.36. The van der Waals surface area contributed by atoms with Crippen LogP contribution in [0.3, 0.4) is 0 Å². The molecule has 2 amide bonds. The zero-order valence-corrected chi connectivity index (χ0v) is 16.9. The van der Waals surface area contributed by atoms with E-state index in [4.69, 9.17) is 4.74 Å². The number of carbonyl (C=O) groups excluding carboxylic acids is 2. The fourth-order valence-corrected chi connectivity index (χ4v) is 3.81. The number of alkyl carbamates (subject to hydrolysis) is 1. The van der Waals surface area contributed by atoms with Gasteiger partial charge in [0, 0.05) is 5.92 Å². The maximum Gasteiger partial charge on any atom is 0.407 e. The lowest BCUT2D eigenvalue weighted by atomic mass is 9.98. The minimum atomic E-state index is -1.30. The molecule has 0 saturated heterocycles. The molecule has 0 aliphatic heterocycles. The van der Waals surface area contributed by atoms with E-state index in [0.29, 0.717) is 0 Å². The van der Waals surface area contributed by atoms with Crippen molar-refractivity contribution in [1.82, 2.24) is 5.32 Å². The number of carboxylic acids is 1. The highest BCUT2D eigenvalue weighted by molar-refractivity contribution is 6.01. The molecule has 4 N–H and O–H groups in total. The Morgan fingerprint density at radius 3 is 2.16 bits per heavy atom. The molecule has 0 aromatic heterocycles. The summed E-state index contributed by atoms with van der Waals surface area (Å²) in [5.41, 5.74) is 4.12. The first-order valence-corrected chi connectivity index (χ1v) is 9.89. The number of hydrogen-bond donors (Lipinski definition) is 4. The number of fused-ring (bicyclic) bond motifs is 3. The zero-order chi connectivity index (χ0) is 22.7. The van der Waals surface area contributed by atoms with Gasteiger partial charge in [0.25, 0.3) is 0 Å². The average molecular weight is 432 g/mol. The number of ether oxygens (including phenoxy) is 1. The van der Waals surface area contributed by atoms with Crippen LogP contribution >= 0.6 is 0 Å². The van der Waals surface area contributed by atoms with Gasteiger partial charge in [0.15, 0.2) is 0 Å². The Labute approximate surface area is 183 Å². The van der Waals surface area contributed by atoms with E-state index in [0.717, 1.165) is 28.3 Å². The minimum absolute atomic E-state index is 0.00892. The standard InChI is InChI=1S/C24H20N2O6/c27-14-9-10-21(19(11-14)23(29)30)26-22(28)12-25-24(31)32-13-20-17-7-3-1-5-15(17)16-6-2-4-8-18(16)20/h1-11,20,27H,12-13H2,(H,25,31)(H,26,28)(H,29,30). The molecule has 8 nitrogen and oxygen atoms in total. The van der Waals surface area contributed by atoms with Crippen molar-refractivity contribution >= 4 is 23.7 Å². The molecular formula is C24H20N2O6. The van der Waals surface area contributed by atoms with Gasteiger partial charge in [0.05, 0.1) is 11.3 Å². The molecule has 0 atom stereocenters. The van der Waals surface area contributed by atoms with E-state index in [2.05, 4.69) is 10.6 Å². The first-order chi connectivity index (χ1) is 15.4. The molecule has 32 heavy (non-hydrogen) atoms. The van der Waals surface area contributed by atoms with Crippen LogP contribution in [0.15, 0.2) is 66.7 Å². The van der Waals surface area contributed by atoms with Gasteiger partial charge in [0.2, 0.25) is 5.91 Å². The highest BCUT2D eigenvalue weighted by Crippen LogP contribution is 2.44. The van der Waals surface area contributed by atoms with Crippen LogP contribution in [0.4, 0.5) is 10.5 Å². The molecule has 0 radical (unpaired) electrons. The van der Waals surface area contributed by atoms with Crippen LogP contribution in [-0.2, 0) is 9.53 Å². The molecule has 0 fully saturated rings. The number of anilines is 1. The third-order valence-electron chi connectivity index (χ3n) is 5.24. The first kappa shape index (κ1) is 20.9. The Morgan fingerprint density at radius 2 is 1.53 bits per heavy atom. The molecule has 1 aliphatic carbocycles. The summed E-state index contributed by atoms with van der Waals surface area (Å²) in [6.07, 6.45) is -0.758. The number of phenolic OH excluding ortho intramolecular Hbond substituents is 1. The normalized spacial score (nSPS) is 11.9. The Hall–Kier alpha value is -4.33. The van der Waals surface area contributed by atoms with E-state index in [1.54, 1.807) is 0 Å². The summed E-state index contributed by atoms with van der Waals surface area (Å²) in [5, 5.41) is 23.4. The molecule has 0 spiro atoms. The summed E-state index contributed by atoms with van der Waals surface area (Å²) in [5.74, 6) is -2.28. The molecule has 4 rings (SSSR count).